The summed E-state index contributed by atoms with van der Waals surface area (Å²) in [5.41, 5.74) is 11.4. The maximum atomic E-state index is 6.71. The van der Waals surface area contributed by atoms with Crippen molar-refractivity contribution in [1.82, 2.24) is 0 Å². The van der Waals surface area contributed by atoms with Crippen molar-refractivity contribution in [3.63, 3.8) is 0 Å². The molecule has 0 bridgehead atoms. The lowest BCUT2D eigenvalue weighted by atomic mass is 9.84. The number of furan rings is 1. The molecule has 53 heavy (non-hydrogen) atoms. The van der Waals surface area contributed by atoms with Gasteiger partial charge in [-0.05, 0) is 94.7 Å². The van der Waals surface area contributed by atoms with Crippen molar-refractivity contribution in [2.75, 3.05) is 0 Å². The Bertz CT molecular complexity index is 3210. The smallest absolute Gasteiger partial charge is 0.143 e. The number of rotatable bonds is 4. The van der Waals surface area contributed by atoms with Gasteiger partial charge in [0.15, 0.2) is 0 Å². The van der Waals surface area contributed by atoms with Gasteiger partial charge in [0.05, 0.1) is 0 Å². The molecular formula is C52H32O. The Hall–Kier alpha value is -6.96. The van der Waals surface area contributed by atoms with E-state index in [4.69, 9.17) is 4.42 Å². The molecule has 11 aromatic rings. The van der Waals surface area contributed by atoms with E-state index in [0.29, 0.717) is 0 Å². The summed E-state index contributed by atoms with van der Waals surface area (Å²) >= 11 is 0. The van der Waals surface area contributed by atoms with Gasteiger partial charge in [-0.1, -0.05) is 176 Å². The molecule has 0 atom stereocenters. The first kappa shape index (κ1) is 29.7. The van der Waals surface area contributed by atoms with Gasteiger partial charge in [0.2, 0.25) is 0 Å². The van der Waals surface area contributed by atoms with E-state index in [-0.39, 0.29) is 0 Å². The molecular weight excluding hydrogens is 641 g/mol. The lowest BCUT2D eigenvalue weighted by molar-refractivity contribution is 0.670. The van der Waals surface area contributed by atoms with Crippen molar-refractivity contribution in [3.05, 3.63) is 194 Å². The number of para-hydroxylation sites is 2. The SMILES string of the molecule is c1ccc2cc(-c3ccc(-c4c5ccccc5c(-c5cccc6c5oc5ccccc56)c5cc(-c6cccc7ccccc67)ccc45)cc3)ccc2c1. The van der Waals surface area contributed by atoms with Gasteiger partial charge in [0.25, 0.3) is 0 Å². The highest BCUT2D eigenvalue weighted by atomic mass is 16.3. The first-order chi connectivity index (χ1) is 26.3. The largest absolute Gasteiger partial charge is 0.455 e. The van der Waals surface area contributed by atoms with Crippen LogP contribution in [0.4, 0.5) is 0 Å². The minimum absolute atomic E-state index is 0.906. The molecule has 1 nitrogen and oxygen atoms in total. The molecule has 11 rings (SSSR count). The second-order valence-corrected chi connectivity index (χ2v) is 14.0. The maximum Gasteiger partial charge on any atom is 0.143 e. The van der Waals surface area contributed by atoms with Crippen LogP contribution in [0.15, 0.2) is 199 Å². The fourth-order valence-electron chi connectivity index (χ4n) is 8.57. The lowest BCUT2D eigenvalue weighted by Crippen LogP contribution is -1.92. The molecule has 0 N–H and O–H groups in total. The van der Waals surface area contributed by atoms with E-state index < -0.39 is 0 Å². The second kappa shape index (κ2) is 11.8. The molecule has 246 valence electrons. The molecule has 10 aromatic carbocycles. The lowest BCUT2D eigenvalue weighted by Gasteiger charge is -2.19. The molecule has 0 saturated heterocycles. The monoisotopic (exact) mass is 672 g/mol. The third-order valence-electron chi connectivity index (χ3n) is 11.1. The van der Waals surface area contributed by atoms with Crippen molar-refractivity contribution < 1.29 is 4.42 Å². The van der Waals surface area contributed by atoms with Gasteiger partial charge in [0.1, 0.15) is 11.2 Å². The summed E-state index contributed by atoms with van der Waals surface area (Å²) in [5, 5.41) is 12.1. The first-order valence-electron chi connectivity index (χ1n) is 18.3. The zero-order valence-corrected chi connectivity index (χ0v) is 28.9. The quantitative estimate of drug-likeness (QED) is 0.170. The molecule has 0 aliphatic carbocycles. The van der Waals surface area contributed by atoms with Crippen LogP contribution in [0.5, 0.6) is 0 Å². The summed E-state index contributed by atoms with van der Waals surface area (Å²) in [6.45, 7) is 0. The van der Waals surface area contributed by atoms with Crippen LogP contribution in [0, 0.1) is 0 Å². The van der Waals surface area contributed by atoms with E-state index in [2.05, 4.69) is 188 Å². The highest BCUT2D eigenvalue weighted by molar-refractivity contribution is 6.25. The van der Waals surface area contributed by atoms with Crippen LogP contribution in [0.2, 0.25) is 0 Å². The highest BCUT2D eigenvalue weighted by Crippen LogP contribution is 2.48. The van der Waals surface area contributed by atoms with E-state index in [1.54, 1.807) is 0 Å². The Morgan fingerprint density at radius 2 is 0.830 bits per heavy atom. The molecule has 1 heterocycles. The van der Waals surface area contributed by atoms with Crippen LogP contribution in [0.25, 0.3) is 110 Å². The fourth-order valence-corrected chi connectivity index (χ4v) is 8.57. The Kier molecular flexibility index (Phi) is 6.62. The second-order valence-electron chi connectivity index (χ2n) is 14.0. The molecule has 0 fully saturated rings. The highest BCUT2D eigenvalue weighted by Gasteiger charge is 2.21. The summed E-state index contributed by atoms with van der Waals surface area (Å²) in [6, 6.07) is 70.6. The Morgan fingerprint density at radius 3 is 1.68 bits per heavy atom. The van der Waals surface area contributed by atoms with E-state index in [1.165, 1.54) is 82.0 Å². The normalized spacial score (nSPS) is 11.8. The summed E-state index contributed by atoms with van der Waals surface area (Å²) < 4.78 is 6.71. The molecule has 0 unspecified atom stereocenters. The fraction of sp³-hybridized carbons (Fsp3) is 0. The average Bonchev–Trinajstić information content (AvgIpc) is 3.62. The molecule has 0 radical (unpaired) electrons. The zero-order valence-electron chi connectivity index (χ0n) is 28.9. The van der Waals surface area contributed by atoms with Crippen LogP contribution in [0.1, 0.15) is 0 Å². The van der Waals surface area contributed by atoms with Crippen LogP contribution in [-0.2, 0) is 0 Å². The van der Waals surface area contributed by atoms with Gasteiger partial charge >= 0.3 is 0 Å². The number of benzene rings is 10. The van der Waals surface area contributed by atoms with Crippen molar-refractivity contribution in [2.24, 2.45) is 0 Å². The first-order valence-corrected chi connectivity index (χ1v) is 18.3. The maximum absolute atomic E-state index is 6.71. The minimum Gasteiger partial charge on any atom is -0.455 e. The van der Waals surface area contributed by atoms with Crippen molar-refractivity contribution in [2.45, 2.75) is 0 Å². The van der Waals surface area contributed by atoms with Gasteiger partial charge in [0, 0.05) is 21.9 Å². The van der Waals surface area contributed by atoms with Crippen LogP contribution >= 0.6 is 0 Å². The predicted molar refractivity (Wildman–Crippen MR) is 225 cm³/mol. The Balaban J connectivity index is 1.20. The van der Waals surface area contributed by atoms with Gasteiger partial charge < -0.3 is 4.42 Å². The molecule has 1 heteroatoms. The van der Waals surface area contributed by atoms with Crippen LogP contribution < -0.4 is 0 Å². The summed E-state index contributed by atoms with van der Waals surface area (Å²) in [4.78, 5) is 0. The number of hydrogen-bond acceptors (Lipinski definition) is 1. The third-order valence-corrected chi connectivity index (χ3v) is 11.1. The van der Waals surface area contributed by atoms with E-state index in [9.17, 15) is 0 Å². The van der Waals surface area contributed by atoms with Crippen molar-refractivity contribution in [3.8, 4) is 44.5 Å². The predicted octanol–water partition coefficient (Wildman–Crippen LogP) is 14.9. The van der Waals surface area contributed by atoms with Crippen molar-refractivity contribution >= 4 is 65.0 Å². The summed E-state index contributed by atoms with van der Waals surface area (Å²) in [5.74, 6) is 0. The molecule has 0 aliphatic heterocycles. The molecule has 0 amide bonds. The van der Waals surface area contributed by atoms with Gasteiger partial charge in [-0.2, -0.15) is 0 Å². The third kappa shape index (κ3) is 4.71. The molecule has 1 aromatic heterocycles. The van der Waals surface area contributed by atoms with Gasteiger partial charge in [-0.3, -0.25) is 0 Å². The van der Waals surface area contributed by atoms with Crippen molar-refractivity contribution in [1.29, 1.82) is 0 Å². The number of fused-ring (bicyclic) bond motifs is 7. The number of hydrogen-bond donors (Lipinski definition) is 0. The minimum atomic E-state index is 0.906. The van der Waals surface area contributed by atoms with Gasteiger partial charge in [-0.15, -0.1) is 0 Å². The molecule has 0 spiro atoms. The molecule has 0 saturated carbocycles. The van der Waals surface area contributed by atoms with E-state index in [0.717, 1.165) is 27.5 Å². The standard InChI is InChI=1S/C52H32O/c1-2-13-37-31-38(28-25-33(37)11-1)34-23-26-36(27-24-34)50-43-17-5-6-18-44(43)51(47-21-10-20-46-42-16-7-8-22-49(42)53-52(46)47)48-32-39(29-30-45(48)50)41-19-9-14-35-12-3-4-15-40(35)41/h1-32H. The van der Waals surface area contributed by atoms with Crippen LogP contribution in [0.3, 0.4) is 0 Å². The van der Waals surface area contributed by atoms with E-state index in [1.807, 2.05) is 6.07 Å². The Labute approximate surface area is 307 Å². The summed E-state index contributed by atoms with van der Waals surface area (Å²) in [7, 11) is 0. The molecule has 0 aliphatic rings. The zero-order chi connectivity index (χ0) is 34.9. The topological polar surface area (TPSA) is 13.1 Å². The average molecular weight is 673 g/mol. The summed E-state index contributed by atoms with van der Waals surface area (Å²) in [6.07, 6.45) is 0. The van der Waals surface area contributed by atoms with Gasteiger partial charge in [-0.25, -0.2) is 0 Å². The van der Waals surface area contributed by atoms with E-state index >= 15 is 0 Å². The Morgan fingerprint density at radius 1 is 0.264 bits per heavy atom. The van der Waals surface area contributed by atoms with Crippen LogP contribution in [-0.4, -0.2) is 0 Å².